The molecule has 0 spiro atoms. The average molecular weight is 1590 g/mol. The van der Waals surface area contributed by atoms with Crippen molar-refractivity contribution in [3.8, 4) is 17.2 Å². The van der Waals surface area contributed by atoms with E-state index in [0.717, 1.165) is 39.0 Å². The topological polar surface area (TPSA) is 495 Å². The first-order valence-corrected chi connectivity index (χ1v) is 37.7. The Bertz CT molecular complexity index is 4500. The fraction of sp³-hybridized carbons (Fsp3) is 0.388. The minimum atomic E-state index is -1.96. The zero-order valence-corrected chi connectivity index (χ0v) is 65.3. The number of hydrogen-bond acceptors (Lipinski definition) is 21. The number of carbonyl (C=O) groups is 11. The largest absolute Gasteiger partial charge is 0.508 e. The number of phenolic OH excluding ortho intramolecular Hbond substituents is 3. The minimum absolute atomic E-state index is 0.0186. The molecule has 19 N–H and O–H groups in total. The second-order valence-electron chi connectivity index (χ2n) is 29.1. The molecule has 1 aliphatic heterocycles. The van der Waals surface area contributed by atoms with E-state index in [4.69, 9.17) is 0 Å². The lowest BCUT2D eigenvalue weighted by Gasteiger charge is -2.34. The molecule has 8 rings (SSSR count). The molecule has 0 saturated heterocycles. The summed E-state index contributed by atoms with van der Waals surface area (Å²) in [6.07, 6.45) is -1.30. The molecule has 0 radical (unpaired) electrons. The second kappa shape index (κ2) is 40.5. The second-order valence-corrected chi connectivity index (χ2v) is 30.2. The van der Waals surface area contributed by atoms with Crippen molar-refractivity contribution in [1.82, 2.24) is 58.2 Å². The number of rotatable bonds is 38. The van der Waals surface area contributed by atoms with Gasteiger partial charge in [0.15, 0.2) is 0 Å². The molecule has 0 fully saturated rings. The van der Waals surface area contributed by atoms with Crippen molar-refractivity contribution in [2.45, 2.75) is 149 Å². The quantitative estimate of drug-likeness (QED) is 0.0263. The Morgan fingerprint density at radius 3 is 1.13 bits per heavy atom. The lowest BCUT2D eigenvalue weighted by molar-refractivity contribution is -0.143. The first kappa shape index (κ1) is 87.6. The first-order valence-electron chi connectivity index (χ1n) is 36.9. The Hall–Kier alpha value is -12.0. The lowest BCUT2D eigenvalue weighted by atomic mass is 9.99. The van der Waals surface area contributed by atoms with Crippen molar-refractivity contribution < 1.29 is 93.6 Å². The molecule has 0 bridgehead atoms. The van der Waals surface area contributed by atoms with E-state index in [1.807, 2.05) is 104 Å². The molecule has 0 saturated carbocycles. The van der Waals surface area contributed by atoms with Crippen LogP contribution >= 0.6 is 11.8 Å². The van der Waals surface area contributed by atoms with Crippen molar-refractivity contribution in [1.29, 1.82) is 0 Å². The van der Waals surface area contributed by atoms with Crippen LogP contribution in [0.3, 0.4) is 0 Å². The SMILES string of the molecule is CC(C)C[C@H](NC(=O)[C@H](Cc1ccc(O)cc1)NC(=O)[C@H](CO)NC(=O)[C@@H](NC(=O)[C@H](Cc1ccc(O)cc1)NC(=O)[C@H](CC(C)C)NC(=O)[C@H](Cc1c[nH]c2ccccc12)NC(=O)N1c2ccc(N(C)C)cc2Sc2cc(N(C)C)ccc21)[C@@H](C)O)C(=O)N[C@@H](Cc1ccc(O)cc1)C(=O)N[C@@H](CO)C(=O)N[C@@H](CO)C(=O)O. The van der Waals surface area contributed by atoms with Gasteiger partial charge >= 0.3 is 12.0 Å². The maximum Gasteiger partial charge on any atom is 0.328 e. The van der Waals surface area contributed by atoms with Gasteiger partial charge in [0.25, 0.3) is 0 Å². The molecule has 6 aromatic carbocycles. The monoisotopic (exact) mass is 1590 g/mol. The standard InChI is InChI=1S/C80H100N14O19S/c1-42(2)30-56(70(102)84-59(33-46-16-24-52(100)25-17-46)73(105)87-62(39-95)77(109)89-64(41-97)79(111)112)82-72(104)58(32-45-14-22-51(99)23-15-45)86-76(108)63(40-96)88-78(110)69(44(5)98)91-75(107)60(34-47-18-26-53(101)27-19-47)85-71(103)57(31-43(3)4)83-74(106)61(35-48-38-81-55-13-11-10-12-54(48)55)90-80(113)94-65-28-20-49(92(6)7)36-67(65)114-68-37-50(93(8)9)21-29-66(68)94/h10-29,36-38,42-44,56-64,69,81,95-101H,30-35,39-41H2,1-9H3,(H,82,104)(H,83,106)(H,84,102)(H,85,103)(H,86,108)(H,87,105)(H,88,110)(H,89,109)(H,90,113)(H,91,107)(H,111,112)/t44-,56+,57+,58+,59+,60+,61+,62+,63+,64+,69+/m1/s1. The van der Waals surface area contributed by atoms with Crippen LogP contribution in [0.15, 0.2) is 149 Å². The Morgan fingerprint density at radius 1 is 0.412 bits per heavy atom. The third-order valence-corrected chi connectivity index (χ3v) is 19.8. The number of fused-ring (bicyclic) bond motifs is 3. The molecule has 114 heavy (non-hydrogen) atoms. The zero-order valence-electron chi connectivity index (χ0n) is 64.5. The number of aromatic nitrogens is 1. The molecule has 33 nitrogen and oxygen atoms in total. The van der Waals surface area contributed by atoms with Crippen LogP contribution in [0.4, 0.5) is 27.5 Å². The van der Waals surface area contributed by atoms with Gasteiger partial charge in [-0.25, -0.2) is 9.59 Å². The lowest BCUT2D eigenvalue weighted by Crippen LogP contribution is -2.63. The molecule has 1 aromatic heterocycles. The number of aromatic hydroxyl groups is 3. The molecule has 610 valence electrons. The molecule has 0 unspecified atom stereocenters. The van der Waals surface area contributed by atoms with E-state index in [1.54, 1.807) is 33.9 Å². The molecule has 7 aromatic rings. The number of carboxylic acids is 1. The highest BCUT2D eigenvalue weighted by molar-refractivity contribution is 7.99. The number of amides is 11. The van der Waals surface area contributed by atoms with Crippen molar-refractivity contribution in [2.75, 3.05) is 62.7 Å². The Labute approximate surface area is 662 Å². The normalized spacial score (nSPS) is 14.6. The number of carboxylic acid groups (broad SMARTS) is 1. The number of carbonyl (C=O) groups excluding carboxylic acids is 10. The summed E-state index contributed by atoms with van der Waals surface area (Å²) in [5.74, 6) is -12.3. The molecule has 0 aliphatic carbocycles. The van der Waals surface area contributed by atoms with Crippen molar-refractivity contribution >= 4 is 111 Å². The van der Waals surface area contributed by atoms with Gasteiger partial charge in [0.2, 0.25) is 53.2 Å². The molecular formula is C80H100N14O19S. The summed E-state index contributed by atoms with van der Waals surface area (Å²) in [7, 11) is 7.61. The molecule has 34 heteroatoms. The summed E-state index contributed by atoms with van der Waals surface area (Å²) in [4.78, 5) is 168. The number of phenols is 3. The third-order valence-electron chi connectivity index (χ3n) is 18.7. The average Bonchev–Trinajstić information content (AvgIpc) is 0.892. The maximum atomic E-state index is 15.3. The Balaban J connectivity index is 1.02. The van der Waals surface area contributed by atoms with E-state index < -0.39 is 152 Å². The maximum absolute atomic E-state index is 15.3. The summed E-state index contributed by atoms with van der Waals surface area (Å²) in [6, 6.07) is 17.7. The van der Waals surface area contributed by atoms with Gasteiger partial charge in [-0.05, 0) is 133 Å². The van der Waals surface area contributed by atoms with Gasteiger partial charge in [-0.1, -0.05) is 94.1 Å². The first-order chi connectivity index (χ1) is 54.1. The molecule has 1 aliphatic rings. The predicted molar refractivity (Wildman–Crippen MR) is 424 cm³/mol. The number of benzene rings is 6. The van der Waals surface area contributed by atoms with Gasteiger partial charge in [0.1, 0.15) is 77.7 Å². The highest BCUT2D eigenvalue weighted by atomic mass is 32.2. The number of aromatic amines is 1. The van der Waals surface area contributed by atoms with E-state index in [1.165, 1.54) is 89.5 Å². The number of para-hydroxylation sites is 1. The molecule has 11 amide bonds. The van der Waals surface area contributed by atoms with Crippen LogP contribution in [-0.4, -0.2) is 226 Å². The number of urea groups is 1. The van der Waals surface area contributed by atoms with Crippen molar-refractivity contribution in [3.63, 3.8) is 0 Å². The van der Waals surface area contributed by atoms with Crippen molar-refractivity contribution in [2.24, 2.45) is 11.8 Å². The minimum Gasteiger partial charge on any atom is -0.508 e. The van der Waals surface area contributed by atoms with E-state index in [2.05, 4.69) is 52.8 Å². The van der Waals surface area contributed by atoms with Crippen LogP contribution in [-0.2, 0) is 73.6 Å². The number of aliphatic carboxylic acids is 1. The number of aliphatic hydroxyl groups excluding tert-OH is 4. The molecule has 2 heterocycles. The number of hydrogen-bond donors (Lipinski definition) is 19. The van der Waals surface area contributed by atoms with Gasteiger partial charge in [-0.2, -0.15) is 0 Å². The fourth-order valence-electron chi connectivity index (χ4n) is 12.5. The third kappa shape index (κ3) is 24.0. The van der Waals surface area contributed by atoms with E-state index in [0.29, 0.717) is 33.6 Å². The summed E-state index contributed by atoms with van der Waals surface area (Å²) < 4.78 is 0. The van der Waals surface area contributed by atoms with Crippen LogP contribution in [0.25, 0.3) is 10.9 Å². The number of H-pyrrole nitrogens is 1. The van der Waals surface area contributed by atoms with Gasteiger partial charge in [-0.15, -0.1) is 0 Å². The van der Waals surface area contributed by atoms with Gasteiger partial charge in [0, 0.05) is 92.1 Å². The predicted octanol–water partition coefficient (Wildman–Crippen LogP) is 1.97. The van der Waals surface area contributed by atoms with E-state index in [9.17, 15) is 79.2 Å². The summed E-state index contributed by atoms with van der Waals surface area (Å²) in [5.41, 5.74) is 5.32. The zero-order chi connectivity index (χ0) is 83.4. The van der Waals surface area contributed by atoms with Crippen LogP contribution in [0, 0.1) is 11.8 Å². The molecule has 11 atom stereocenters. The Kier molecular flexibility index (Phi) is 31.1. The van der Waals surface area contributed by atoms with E-state index in [-0.39, 0.29) is 67.6 Å². The number of anilines is 4. The number of nitrogens with zero attached hydrogens (tertiary/aromatic N) is 3. The van der Waals surface area contributed by atoms with Gasteiger partial charge in [-0.3, -0.25) is 48.1 Å². The summed E-state index contributed by atoms with van der Waals surface area (Å²) in [5, 5.41) is 108. The highest BCUT2D eigenvalue weighted by Gasteiger charge is 2.39. The van der Waals surface area contributed by atoms with E-state index >= 15 is 14.4 Å². The smallest absolute Gasteiger partial charge is 0.328 e. The van der Waals surface area contributed by atoms with Crippen LogP contribution in [0.2, 0.25) is 0 Å². The molecular weight excluding hydrogens is 1490 g/mol. The van der Waals surface area contributed by atoms with Crippen LogP contribution in [0.5, 0.6) is 17.2 Å². The van der Waals surface area contributed by atoms with Crippen molar-refractivity contribution in [3.05, 3.63) is 162 Å². The summed E-state index contributed by atoms with van der Waals surface area (Å²) in [6.45, 7) is 4.83. The number of nitrogens with one attached hydrogen (secondary N) is 11. The number of aliphatic hydroxyl groups is 4. The van der Waals surface area contributed by atoms with Crippen LogP contribution in [0.1, 0.15) is 69.7 Å². The Morgan fingerprint density at radius 2 is 0.754 bits per heavy atom. The van der Waals surface area contributed by atoms with Gasteiger partial charge in [0.05, 0.1) is 37.3 Å². The highest BCUT2D eigenvalue weighted by Crippen LogP contribution is 2.50. The van der Waals surface area contributed by atoms with Gasteiger partial charge < -0.3 is 109 Å². The summed E-state index contributed by atoms with van der Waals surface area (Å²) >= 11 is 1.49. The van der Waals surface area contributed by atoms with Crippen LogP contribution < -0.4 is 67.9 Å². The fourth-order valence-corrected chi connectivity index (χ4v) is 13.7.